The zero-order chi connectivity index (χ0) is 14.0. The van der Waals surface area contributed by atoms with Crippen molar-refractivity contribution in [1.29, 1.82) is 0 Å². The van der Waals surface area contributed by atoms with Gasteiger partial charge >= 0.3 is 0 Å². The molecule has 0 spiro atoms. The first-order chi connectivity index (χ1) is 9.41. The third-order valence-corrected chi connectivity index (χ3v) is 3.39. The molecule has 0 aromatic heterocycles. The molecule has 0 aliphatic heterocycles. The zero-order valence-corrected chi connectivity index (χ0v) is 12.9. The summed E-state index contributed by atoms with van der Waals surface area (Å²) in [5, 5.41) is 8.65. The van der Waals surface area contributed by atoms with E-state index >= 15 is 0 Å². The van der Waals surface area contributed by atoms with Crippen LogP contribution in [0.4, 0.5) is 0 Å². The molecule has 0 atom stereocenters. The van der Waals surface area contributed by atoms with Gasteiger partial charge in [0, 0.05) is 6.61 Å². The lowest BCUT2D eigenvalue weighted by atomic mass is 10.1. The summed E-state index contributed by atoms with van der Waals surface area (Å²) < 4.78 is 0. The van der Waals surface area contributed by atoms with Crippen LogP contribution in [-0.4, -0.2) is 11.7 Å². The molecule has 19 heavy (non-hydrogen) atoms. The largest absolute Gasteiger partial charge is 0.396 e. The van der Waals surface area contributed by atoms with Crippen molar-refractivity contribution in [1.82, 2.24) is 0 Å². The maximum absolute atomic E-state index is 8.65. The first-order valence-electron chi connectivity index (χ1n) is 8.34. The molecule has 0 rings (SSSR count). The summed E-state index contributed by atoms with van der Waals surface area (Å²) in [6, 6.07) is 0. The normalized spacial score (nSPS) is 11.9. The van der Waals surface area contributed by atoms with Gasteiger partial charge in [0.2, 0.25) is 0 Å². The molecule has 0 bridgehead atoms. The number of aliphatic hydroxyl groups is 1. The first kappa shape index (κ1) is 18.4. The lowest BCUT2D eigenvalue weighted by Crippen LogP contribution is -1.82. The van der Waals surface area contributed by atoms with Crippen LogP contribution >= 0.6 is 0 Å². The average molecular weight is 266 g/mol. The molecule has 0 saturated carbocycles. The fraction of sp³-hybridized carbons (Fsp3) is 0.778. The summed E-state index contributed by atoms with van der Waals surface area (Å²) in [7, 11) is 0. The summed E-state index contributed by atoms with van der Waals surface area (Å²) in [5.41, 5.74) is 0. The smallest absolute Gasteiger partial charge is 0.0431 e. The molecule has 0 aromatic carbocycles. The van der Waals surface area contributed by atoms with Crippen molar-refractivity contribution in [3.05, 3.63) is 24.3 Å². The van der Waals surface area contributed by atoms with Crippen LogP contribution in [0.1, 0.15) is 84.0 Å². The van der Waals surface area contributed by atoms with Gasteiger partial charge in [-0.2, -0.15) is 0 Å². The number of allylic oxidation sites excluding steroid dienone is 4. The lowest BCUT2D eigenvalue weighted by molar-refractivity contribution is 0.282. The second-order valence-electron chi connectivity index (χ2n) is 5.34. The third-order valence-electron chi connectivity index (χ3n) is 3.39. The minimum Gasteiger partial charge on any atom is -0.396 e. The van der Waals surface area contributed by atoms with Crippen molar-refractivity contribution in [3.63, 3.8) is 0 Å². The molecule has 0 aliphatic rings. The summed E-state index contributed by atoms with van der Waals surface area (Å²) >= 11 is 0. The van der Waals surface area contributed by atoms with Crippen LogP contribution in [0, 0.1) is 0 Å². The van der Waals surface area contributed by atoms with Gasteiger partial charge in [0.05, 0.1) is 0 Å². The monoisotopic (exact) mass is 266 g/mol. The Labute approximate surface area is 120 Å². The Kier molecular flexibility index (Phi) is 16.9. The molecule has 0 radical (unpaired) electrons. The SMILES string of the molecule is CCCCCCCCC=CC=CCCCCCCO. The molecule has 112 valence electrons. The molecule has 0 amide bonds. The highest BCUT2D eigenvalue weighted by Crippen LogP contribution is 2.07. The van der Waals surface area contributed by atoms with Crippen LogP contribution in [0.15, 0.2) is 24.3 Å². The Bertz CT molecular complexity index is 206. The quantitative estimate of drug-likeness (QED) is 0.311. The maximum atomic E-state index is 8.65. The summed E-state index contributed by atoms with van der Waals surface area (Å²) in [6.45, 7) is 2.61. The fourth-order valence-electron chi connectivity index (χ4n) is 2.12. The molecule has 1 heteroatoms. The van der Waals surface area contributed by atoms with Gasteiger partial charge in [-0.1, -0.05) is 76.2 Å². The predicted octanol–water partition coefficient (Wildman–Crippen LogP) is 5.79. The highest BCUT2D eigenvalue weighted by atomic mass is 16.2. The van der Waals surface area contributed by atoms with Crippen LogP contribution in [0.25, 0.3) is 0 Å². The van der Waals surface area contributed by atoms with Gasteiger partial charge in [-0.15, -0.1) is 0 Å². The Balaban J connectivity index is 3.15. The van der Waals surface area contributed by atoms with E-state index < -0.39 is 0 Å². The van der Waals surface area contributed by atoms with E-state index in [1.54, 1.807) is 0 Å². The second-order valence-corrected chi connectivity index (χ2v) is 5.34. The van der Waals surface area contributed by atoms with E-state index in [0.717, 1.165) is 12.8 Å². The minimum atomic E-state index is 0.344. The Hall–Kier alpha value is -0.560. The molecule has 1 nitrogen and oxygen atoms in total. The van der Waals surface area contributed by atoms with Gasteiger partial charge in [0.1, 0.15) is 0 Å². The van der Waals surface area contributed by atoms with Gasteiger partial charge < -0.3 is 5.11 Å². The van der Waals surface area contributed by atoms with E-state index in [1.807, 2.05) is 0 Å². The van der Waals surface area contributed by atoms with Gasteiger partial charge in [0.25, 0.3) is 0 Å². The highest BCUT2D eigenvalue weighted by molar-refractivity contribution is 5.02. The van der Waals surface area contributed by atoms with Crippen LogP contribution < -0.4 is 0 Å². The van der Waals surface area contributed by atoms with Crippen molar-refractivity contribution in [2.24, 2.45) is 0 Å². The summed E-state index contributed by atoms with van der Waals surface area (Å²) in [6.07, 6.45) is 24.2. The van der Waals surface area contributed by atoms with Crippen molar-refractivity contribution >= 4 is 0 Å². The number of unbranched alkanes of at least 4 members (excludes halogenated alkanes) is 10. The highest BCUT2D eigenvalue weighted by Gasteiger charge is 1.88. The number of aliphatic hydroxyl groups excluding tert-OH is 1. The van der Waals surface area contributed by atoms with Crippen LogP contribution in [-0.2, 0) is 0 Å². The predicted molar refractivity (Wildman–Crippen MR) is 86.4 cm³/mol. The number of hydrogen-bond acceptors (Lipinski definition) is 1. The van der Waals surface area contributed by atoms with Crippen molar-refractivity contribution in [2.75, 3.05) is 6.61 Å². The zero-order valence-electron chi connectivity index (χ0n) is 12.9. The van der Waals surface area contributed by atoms with Crippen LogP contribution in [0.3, 0.4) is 0 Å². The fourth-order valence-corrected chi connectivity index (χ4v) is 2.12. The van der Waals surface area contributed by atoms with E-state index in [2.05, 4.69) is 31.2 Å². The maximum Gasteiger partial charge on any atom is 0.0431 e. The standard InChI is InChI=1S/C18H34O/c1-2-3-4-5-6-7-8-9-10-11-12-13-14-15-16-17-18-19/h9-12,19H,2-8,13-18H2,1H3. The molecule has 1 N–H and O–H groups in total. The third kappa shape index (κ3) is 17.4. The summed E-state index contributed by atoms with van der Waals surface area (Å²) in [5.74, 6) is 0. The Morgan fingerprint density at radius 2 is 1.11 bits per heavy atom. The molecule has 0 aromatic rings. The van der Waals surface area contributed by atoms with Crippen molar-refractivity contribution in [2.45, 2.75) is 84.0 Å². The minimum absolute atomic E-state index is 0.344. The van der Waals surface area contributed by atoms with Crippen LogP contribution in [0.2, 0.25) is 0 Å². The van der Waals surface area contributed by atoms with Gasteiger partial charge in [-0.25, -0.2) is 0 Å². The molecule has 0 saturated heterocycles. The molecule has 0 aliphatic carbocycles. The van der Waals surface area contributed by atoms with E-state index in [0.29, 0.717) is 6.61 Å². The molecule has 0 fully saturated rings. The topological polar surface area (TPSA) is 20.2 Å². The van der Waals surface area contributed by atoms with E-state index in [9.17, 15) is 0 Å². The average Bonchev–Trinajstić information content (AvgIpc) is 2.43. The Morgan fingerprint density at radius 3 is 1.63 bits per heavy atom. The number of hydrogen-bond donors (Lipinski definition) is 1. The second kappa shape index (κ2) is 17.4. The lowest BCUT2D eigenvalue weighted by Gasteiger charge is -1.97. The van der Waals surface area contributed by atoms with Gasteiger partial charge in [0.15, 0.2) is 0 Å². The van der Waals surface area contributed by atoms with E-state index in [1.165, 1.54) is 64.2 Å². The van der Waals surface area contributed by atoms with Crippen molar-refractivity contribution in [3.8, 4) is 0 Å². The molecular weight excluding hydrogens is 232 g/mol. The number of rotatable bonds is 14. The Morgan fingerprint density at radius 1 is 0.632 bits per heavy atom. The van der Waals surface area contributed by atoms with Crippen molar-refractivity contribution < 1.29 is 5.11 Å². The van der Waals surface area contributed by atoms with E-state index in [4.69, 9.17) is 5.11 Å². The van der Waals surface area contributed by atoms with Gasteiger partial charge in [-0.3, -0.25) is 0 Å². The van der Waals surface area contributed by atoms with Gasteiger partial charge in [-0.05, 0) is 32.1 Å². The first-order valence-corrected chi connectivity index (χ1v) is 8.34. The molecule has 0 heterocycles. The van der Waals surface area contributed by atoms with Crippen LogP contribution in [0.5, 0.6) is 0 Å². The molecular formula is C18H34O. The molecule has 0 unspecified atom stereocenters. The van der Waals surface area contributed by atoms with E-state index in [-0.39, 0.29) is 0 Å². The summed E-state index contributed by atoms with van der Waals surface area (Å²) in [4.78, 5) is 0.